The summed E-state index contributed by atoms with van der Waals surface area (Å²) in [5.74, 6) is -1.54. The van der Waals surface area contributed by atoms with Crippen molar-refractivity contribution >= 4 is 23.5 Å². The van der Waals surface area contributed by atoms with Gasteiger partial charge >= 0.3 is 11.9 Å². The summed E-state index contributed by atoms with van der Waals surface area (Å²) < 4.78 is 9.53. The predicted molar refractivity (Wildman–Crippen MR) is 65.6 cm³/mol. The van der Waals surface area contributed by atoms with E-state index in [1.165, 1.54) is 6.08 Å². The van der Waals surface area contributed by atoms with Crippen molar-refractivity contribution in [3.63, 3.8) is 0 Å². The summed E-state index contributed by atoms with van der Waals surface area (Å²) in [6.45, 7) is 7.24. The van der Waals surface area contributed by atoms with Gasteiger partial charge in [0.15, 0.2) is 5.57 Å². The van der Waals surface area contributed by atoms with Gasteiger partial charge in [0, 0.05) is 0 Å². The first kappa shape index (κ1) is 15.7. The molecule has 0 saturated heterocycles. The van der Waals surface area contributed by atoms with E-state index in [-0.39, 0.29) is 23.8 Å². The molecular formula is C12H17ClO4. The highest BCUT2D eigenvalue weighted by molar-refractivity contribution is 6.37. The molecule has 0 N–H and O–H groups in total. The van der Waals surface area contributed by atoms with Gasteiger partial charge in [0.2, 0.25) is 0 Å². The lowest BCUT2D eigenvalue weighted by molar-refractivity contribution is -0.146. The number of hydrogen-bond acceptors (Lipinski definition) is 4. The van der Waals surface area contributed by atoms with Crippen molar-refractivity contribution in [2.24, 2.45) is 0 Å². The van der Waals surface area contributed by atoms with E-state index in [4.69, 9.17) is 21.1 Å². The van der Waals surface area contributed by atoms with E-state index in [0.717, 1.165) is 5.57 Å². The van der Waals surface area contributed by atoms with Crippen LogP contribution in [0.3, 0.4) is 0 Å². The molecule has 0 aromatic rings. The lowest BCUT2D eigenvalue weighted by atomic mass is 10.2. The zero-order chi connectivity index (χ0) is 13.4. The van der Waals surface area contributed by atoms with Crippen LogP contribution in [0.4, 0.5) is 0 Å². The van der Waals surface area contributed by atoms with E-state index in [1.54, 1.807) is 27.7 Å². The van der Waals surface area contributed by atoms with Gasteiger partial charge in [0.25, 0.3) is 0 Å². The quantitative estimate of drug-likeness (QED) is 0.251. The number of carbonyl (C=O) groups is 2. The summed E-state index contributed by atoms with van der Waals surface area (Å²) in [4.78, 5) is 23.2. The smallest absolute Gasteiger partial charge is 0.347 e. The van der Waals surface area contributed by atoms with Gasteiger partial charge in [-0.3, -0.25) is 0 Å². The Hall–Kier alpha value is -1.29. The van der Waals surface area contributed by atoms with Crippen molar-refractivity contribution < 1.29 is 19.1 Å². The molecule has 0 radical (unpaired) electrons. The molecule has 0 aliphatic carbocycles. The zero-order valence-electron chi connectivity index (χ0n) is 10.5. The topological polar surface area (TPSA) is 52.6 Å². The molecule has 0 bridgehead atoms. The van der Waals surface area contributed by atoms with Crippen LogP contribution >= 0.6 is 11.6 Å². The molecule has 0 atom stereocenters. The molecule has 4 nitrogen and oxygen atoms in total. The molecule has 0 spiro atoms. The number of rotatable bonds is 5. The van der Waals surface area contributed by atoms with Gasteiger partial charge in [0.05, 0.1) is 18.2 Å². The zero-order valence-corrected chi connectivity index (χ0v) is 11.3. The molecule has 0 aromatic heterocycles. The molecule has 0 saturated carbocycles. The maximum Gasteiger partial charge on any atom is 0.347 e. The van der Waals surface area contributed by atoms with Crippen LogP contribution in [0.15, 0.2) is 22.3 Å². The van der Waals surface area contributed by atoms with Crippen molar-refractivity contribution in [1.82, 2.24) is 0 Å². The standard InChI is InChI=1S/C12H17ClO4/c1-5-16-11(14)10(12(15)17-6-2)9(13)7-8(3)4/h7H,5-6H2,1-4H3. The van der Waals surface area contributed by atoms with E-state index in [1.807, 2.05) is 0 Å². The summed E-state index contributed by atoms with van der Waals surface area (Å²) in [5.41, 5.74) is 0.595. The second kappa shape index (κ2) is 7.90. The van der Waals surface area contributed by atoms with E-state index < -0.39 is 11.9 Å². The molecule has 5 heteroatoms. The van der Waals surface area contributed by atoms with Crippen molar-refractivity contribution in [3.8, 4) is 0 Å². The molecular weight excluding hydrogens is 244 g/mol. The Kier molecular flexibility index (Phi) is 7.30. The fourth-order valence-electron chi connectivity index (χ4n) is 1.01. The van der Waals surface area contributed by atoms with Gasteiger partial charge in [-0.1, -0.05) is 17.2 Å². The van der Waals surface area contributed by atoms with Gasteiger partial charge in [0.1, 0.15) is 0 Å². The normalized spacial score (nSPS) is 9.24. The molecule has 0 aliphatic rings. The van der Waals surface area contributed by atoms with Crippen LogP contribution in [-0.2, 0) is 19.1 Å². The van der Waals surface area contributed by atoms with Crippen molar-refractivity contribution in [3.05, 3.63) is 22.3 Å². The molecule has 17 heavy (non-hydrogen) atoms. The Morgan fingerprint density at radius 2 is 1.47 bits per heavy atom. The van der Waals surface area contributed by atoms with Gasteiger partial charge < -0.3 is 9.47 Å². The third-order valence-corrected chi connectivity index (χ3v) is 1.91. The summed E-state index contributed by atoms with van der Waals surface area (Å²) in [6.07, 6.45) is 1.52. The highest BCUT2D eigenvalue weighted by Crippen LogP contribution is 2.16. The molecule has 0 fully saturated rings. The Morgan fingerprint density at radius 1 is 1.06 bits per heavy atom. The fourth-order valence-corrected chi connectivity index (χ4v) is 1.38. The van der Waals surface area contributed by atoms with E-state index in [0.29, 0.717) is 0 Å². The van der Waals surface area contributed by atoms with Crippen LogP contribution in [0.5, 0.6) is 0 Å². The lowest BCUT2D eigenvalue weighted by Crippen LogP contribution is -2.19. The van der Waals surface area contributed by atoms with Crippen molar-refractivity contribution in [2.75, 3.05) is 13.2 Å². The molecule has 0 heterocycles. The maximum atomic E-state index is 11.6. The van der Waals surface area contributed by atoms with E-state index in [2.05, 4.69) is 0 Å². The number of allylic oxidation sites excluding steroid dienone is 3. The van der Waals surface area contributed by atoms with Crippen LogP contribution in [0.1, 0.15) is 27.7 Å². The molecule has 0 aliphatic heterocycles. The second-order valence-electron chi connectivity index (χ2n) is 3.39. The van der Waals surface area contributed by atoms with Gasteiger partial charge in [-0.15, -0.1) is 0 Å². The Labute approximate surface area is 106 Å². The highest BCUT2D eigenvalue weighted by Gasteiger charge is 2.24. The average molecular weight is 261 g/mol. The van der Waals surface area contributed by atoms with E-state index >= 15 is 0 Å². The Balaban J connectivity index is 5.30. The minimum atomic E-state index is -0.770. The summed E-state index contributed by atoms with van der Waals surface area (Å²) in [5, 5.41) is 0.0295. The third-order valence-electron chi connectivity index (χ3n) is 1.61. The monoisotopic (exact) mass is 260 g/mol. The highest BCUT2D eigenvalue weighted by atomic mass is 35.5. The lowest BCUT2D eigenvalue weighted by Gasteiger charge is -2.07. The Morgan fingerprint density at radius 3 is 1.76 bits per heavy atom. The first-order valence-corrected chi connectivity index (χ1v) is 5.70. The largest absolute Gasteiger partial charge is 0.462 e. The van der Waals surface area contributed by atoms with Gasteiger partial charge in [-0.25, -0.2) is 9.59 Å². The number of carbonyl (C=O) groups excluding carboxylic acids is 2. The number of halogens is 1. The van der Waals surface area contributed by atoms with Crippen LogP contribution in [0.25, 0.3) is 0 Å². The first-order valence-electron chi connectivity index (χ1n) is 5.32. The first-order chi connectivity index (χ1) is 7.93. The van der Waals surface area contributed by atoms with Crippen LogP contribution in [0, 0.1) is 0 Å². The van der Waals surface area contributed by atoms with Crippen LogP contribution in [-0.4, -0.2) is 25.2 Å². The Bertz CT molecular complexity index is 332. The summed E-state index contributed by atoms with van der Waals surface area (Å²) in [6, 6.07) is 0. The number of hydrogen-bond donors (Lipinski definition) is 0. The minimum absolute atomic E-state index is 0.0295. The summed E-state index contributed by atoms with van der Waals surface area (Å²) in [7, 11) is 0. The second-order valence-corrected chi connectivity index (χ2v) is 3.79. The van der Waals surface area contributed by atoms with Crippen molar-refractivity contribution in [1.29, 1.82) is 0 Å². The molecule has 0 amide bonds. The fraction of sp³-hybridized carbons (Fsp3) is 0.500. The maximum absolute atomic E-state index is 11.6. The van der Waals surface area contributed by atoms with Crippen molar-refractivity contribution in [2.45, 2.75) is 27.7 Å². The number of ether oxygens (including phenoxy) is 2. The molecule has 0 rings (SSSR count). The van der Waals surface area contributed by atoms with Crippen LogP contribution < -0.4 is 0 Å². The number of esters is 2. The van der Waals surface area contributed by atoms with E-state index in [9.17, 15) is 9.59 Å². The third kappa shape index (κ3) is 5.54. The molecule has 96 valence electrons. The average Bonchev–Trinajstić information content (AvgIpc) is 2.17. The van der Waals surface area contributed by atoms with Gasteiger partial charge in [-0.05, 0) is 33.8 Å². The minimum Gasteiger partial charge on any atom is -0.462 e. The summed E-state index contributed by atoms with van der Waals surface area (Å²) >= 11 is 5.90. The van der Waals surface area contributed by atoms with Gasteiger partial charge in [-0.2, -0.15) is 0 Å². The predicted octanol–water partition coefficient (Wildman–Crippen LogP) is 2.57. The molecule has 0 unspecified atom stereocenters. The van der Waals surface area contributed by atoms with Crippen LogP contribution in [0.2, 0.25) is 0 Å². The molecule has 0 aromatic carbocycles. The SMILES string of the molecule is CCOC(=O)C(C(=O)OCC)=C(Cl)C=C(C)C.